The molecule has 0 radical (unpaired) electrons. The van der Waals surface area contributed by atoms with Crippen molar-refractivity contribution in [1.29, 1.82) is 0 Å². The molecule has 1 rings (SSSR count). The van der Waals surface area contributed by atoms with Crippen LogP contribution in [0.5, 0.6) is 0 Å². The molecule has 1 aromatic rings. The van der Waals surface area contributed by atoms with Gasteiger partial charge in [0.15, 0.2) is 4.90 Å². The highest BCUT2D eigenvalue weighted by molar-refractivity contribution is 7.93. The minimum absolute atomic E-state index is 0.142. The normalized spacial score (nSPS) is 14.4. The fourth-order valence-electron chi connectivity index (χ4n) is 1.50. The number of sulfonamides is 1. The second-order valence-corrected chi connectivity index (χ2v) is 8.35. The molecule has 0 aliphatic heterocycles. The maximum absolute atomic E-state index is 12.3. The molecule has 0 bridgehead atoms. The van der Waals surface area contributed by atoms with Crippen LogP contribution in [0, 0.1) is 0 Å². The summed E-state index contributed by atoms with van der Waals surface area (Å²) in [4.78, 5) is 4.16. The molecule has 1 N–H and O–H groups in total. The number of hydrogen-bond donors (Lipinski definition) is 1. The molecule has 0 amide bonds. The van der Waals surface area contributed by atoms with E-state index in [1.807, 2.05) is 6.92 Å². The Labute approximate surface area is 118 Å². The molecule has 0 fully saturated rings. The molecule has 108 valence electrons. The molecule has 19 heavy (non-hydrogen) atoms. The second kappa shape index (κ2) is 6.21. The standard InChI is InChI=1S/C12H20N2O3S2/c1-5-9-18(15)10-7-6-8-13-11(10)19(16,17)14-12(2,3)4/h6-8,14H,5,9H2,1-4H3. The van der Waals surface area contributed by atoms with Gasteiger partial charge >= 0.3 is 0 Å². The van der Waals surface area contributed by atoms with Crippen molar-refractivity contribution in [3.63, 3.8) is 0 Å². The minimum Gasteiger partial charge on any atom is -0.611 e. The lowest BCUT2D eigenvalue weighted by Gasteiger charge is -2.21. The van der Waals surface area contributed by atoms with Crippen LogP contribution in [0.15, 0.2) is 28.3 Å². The molecular formula is C12H20N2O3S2. The Morgan fingerprint density at radius 1 is 1.42 bits per heavy atom. The summed E-state index contributed by atoms with van der Waals surface area (Å²) in [5, 5.41) is -0.142. The SMILES string of the molecule is CCC[S+]([O-])c1cccnc1S(=O)(=O)NC(C)(C)C. The van der Waals surface area contributed by atoms with Crippen molar-refractivity contribution in [2.75, 3.05) is 5.75 Å². The molecule has 0 saturated heterocycles. The zero-order valence-corrected chi connectivity index (χ0v) is 13.3. The Bertz CT molecular complexity index is 524. The fraction of sp³-hybridized carbons (Fsp3) is 0.583. The molecule has 0 aliphatic carbocycles. The van der Waals surface area contributed by atoms with E-state index in [2.05, 4.69) is 9.71 Å². The van der Waals surface area contributed by atoms with Crippen LogP contribution in [0.3, 0.4) is 0 Å². The predicted molar refractivity (Wildman–Crippen MR) is 75.9 cm³/mol. The van der Waals surface area contributed by atoms with Gasteiger partial charge in [-0.1, -0.05) is 6.92 Å². The van der Waals surface area contributed by atoms with Crippen LogP contribution in [0.1, 0.15) is 34.1 Å². The van der Waals surface area contributed by atoms with Crippen molar-refractivity contribution in [2.45, 2.75) is 49.6 Å². The van der Waals surface area contributed by atoms with E-state index in [9.17, 15) is 13.0 Å². The van der Waals surface area contributed by atoms with E-state index in [1.165, 1.54) is 6.20 Å². The fourth-order valence-corrected chi connectivity index (χ4v) is 4.61. The Hall–Kier alpha value is -0.630. The number of nitrogens with one attached hydrogen (secondary N) is 1. The van der Waals surface area contributed by atoms with E-state index in [0.29, 0.717) is 12.2 Å². The van der Waals surface area contributed by atoms with Gasteiger partial charge in [-0.3, -0.25) is 0 Å². The molecule has 1 unspecified atom stereocenters. The third-order valence-electron chi connectivity index (χ3n) is 2.07. The minimum atomic E-state index is -3.77. The second-order valence-electron chi connectivity index (χ2n) is 5.21. The summed E-state index contributed by atoms with van der Waals surface area (Å²) in [7, 11) is -3.77. The largest absolute Gasteiger partial charge is 0.611 e. The van der Waals surface area contributed by atoms with Gasteiger partial charge in [0, 0.05) is 11.7 Å². The number of rotatable bonds is 5. The molecular weight excluding hydrogens is 284 g/mol. The van der Waals surface area contributed by atoms with E-state index >= 15 is 0 Å². The third-order valence-corrected chi connectivity index (χ3v) is 5.51. The van der Waals surface area contributed by atoms with Crippen LogP contribution in [-0.4, -0.2) is 29.2 Å². The Morgan fingerprint density at radius 2 is 2.05 bits per heavy atom. The van der Waals surface area contributed by atoms with Gasteiger partial charge < -0.3 is 4.55 Å². The van der Waals surface area contributed by atoms with Gasteiger partial charge in [-0.2, -0.15) is 0 Å². The van der Waals surface area contributed by atoms with Gasteiger partial charge in [0.1, 0.15) is 5.75 Å². The van der Waals surface area contributed by atoms with Crippen molar-refractivity contribution >= 4 is 21.2 Å². The number of hydrogen-bond acceptors (Lipinski definition) is 4. The van der Waals surface area contributed by atoms with Crippen molar-refractivity contribution in [3.05, 3.63) is 18.3 Å². The predicted octanol–water partition coefficient (Wildman–Crippen LogP) is 1.68. The first kappa shape index (κ1) is 16.4. The van der Waals surface area contributed by atoms with Crippen molar-refractivity contribution in [1.82, 2.24) is 9.71 Å². The summed E-state index contributed by atoms with van der Waals surface area (Å²) < 4.78 is 39.1. The van der Waals surface area contributed by atoms with E-state index < -0.39 is 26.7 Å². The van der Waals surface area contributed by atoms with Gasteiger partial charge in [-0.25, -0.2) is 18.1 Å². The molecule has 0 saturated carbocycles. The quantitative estimate of drug-likeness (QED) is 0.839. The zero-order valence-electron chi connectivity index (χ0n) is 11.6. The molecule has 0 spiro atoms. The van der Waals surface area contributed by atoms with Gasteiger partial charge in [-0.05, 0) is 50.5 Å². The van der Waals surface area contributed by atoms with Crippen LogP contribution >= 0.6 is 0 Å². The first-order valence-corrected chi connectivity index (χ1v) is 8.85. The molecule has 0 aromatic carbocycles. The lowest BCUT2D eigenvalue weighted by atomic mass is 10.1. The van der Waals surface area contributed by atoms with Crippen LogP contribution in [-0.2, 0) is 21.2 Å². The third kappa shape index (κ3) is 4.76. The van der Waals surface area contributed by atoms with Gasteiger partial charge in [0.25, 0.3) is 10.0 Å². The Kier molecular flexibility index (Phi) is 5.37. The lowest BCUT2D eigenvalue weighted by molar-refractivity contribution is 0.487. The molecule has 0 aliphatic rings. The van der Waals surface area contributed by atoms with E-state index in [-0.39, 0.29) is 9.92 Å². The maximum Gasteiger partial charge on any atom is 0.263 e. The number of pyridine rings is 1. The Balaban J connectivity index is 3.20. The van der Waals surface area contributed by atoms with Crippen LogP contribution in [0.2, 0.25) is 0 Å². The molecule has 1 aromatic heterocycles. The summed E-state index contributed by atoms with van der Waals surface area (Å²) in [6.07, 6.45) is 2.11. The van der Waals surface area contributed by atoms with Crippen molar-refractivity contribution < 1.29 is 13.0 Å². The summed E-state index contributed by atoms with van der Waals surface area (Å²) in [5.74, 6) is 0.420. The molecule has 5 nitrogen and oxygen atoms in total. The number of aromatic nitrogens is 1. The van der Waals surface area contributed by atoms with Crippen molar-refractivity contribution in [2.24, 2.45) is 0 Å². The van der Waals surface area contributed by atoms with E-state index in [1.54, 1.807) is 32.9 Å². The molecule has 1 heterocycles. The van der Waals surface area contributed by atoms with E-state index in [4.69, 9.17) is 0 Å². The van der Waals surface area contributed by atoms with Crippen LogP contribution in [0.25, 0.3) is 0 Å². The Morgan fingerprint density at radius 3 is 2.58 bits per heavy atom. The van der Waals surface area contributed by atoms with E-state index in [0.717, 1.165) is 0 Å². The highest BCUT2D eigenvalue weighted by Gasteiger charge is 2.30. The summed E-state index contributed by atoms with van der Waals surface area (Å²) in [6, 6.07) is 3.15. The first-order valence-electron chi connectivity index (χ1n) is 6.05. The molecule has 7 heteroatoms. The first-order chi connectivity index (χ1) is 8.67. The monoisotopic (exact) mass is 304 g/mol. The smallest absolute Gasteiger partial charge is 0.263 e. The van der Waals surface area contributed by atoms with Gasteiger partial charge in [0.2, 0.25) is 5.03 Å². The van der Waals surface area contributed by atoms with Crippen molar-refractivity contribution in [3.8, 4) is 0 Å². The summed E-state index contributed by atoms with van der Waals surface area (Å²) in [6.45, 7) is 7.14. The zero-order chi connectivity index (χ0) is 14.7. The highest BCUT2D eigenvalue weighted by Crippen LogP contribution is 2.21. The maximum atomic E-state index is 12.3. The summed E-state index contributed by atoms with van der Waals surface area (Å²) in [5.41, 5.74) is -0.611. The lowest BCUT2D eigenvalue weighted by Crippen LogP contribution is -2.41. The van der Waals surface area contributed by atoms with Crippen LogP contribution in [0.4, 0.5) is 0 Å². The number of nitrogens with zero attached hydrogens (tertiary/aromatic N) is 1. The topological polar surface area (TPSA) is 82.1 Å². The average molecular weight is 304 g/mol. The van der Waals surface area contributed by atoms with Gasteiger partial charge in [0.05, 0.1) is 0 Å². The van der Waals surface area contributed by atoms with Gasteiger partial charge in [-0.15, -0.1) is 0 Å². The highest BCUT2D eigenvalue weighted by atomic mass is 32.2. The average Bonchev–Trinajstić information content (AvgIpc) is 2.26. The molecule has 1 atom stereocenters. The summed E-state index contributed by atoms with van der Waals surface area (Å²) >= 11 is -1.35. The van der Waals surface area contributed by atoms with Crippen LogP contribution < -0.4 is 4.72 Å².